The third-order valence-electron chi connectivity index (χ3n) is 1.28. The van der Waals surface area contributed by atoms with Gasteiger partial charge >= 0.3 is 0 Å². The molecule has 0 spiro atoms. The molecule has 0 aromatic rings. The fraction of sp³-hybridized carbons (Fsp3) is 0. The van der Waals surface area contributed by atoms with Gasteiger partial charge in [-0.1, -0.05) is 6.07 Å². The van der Waals surface area contributed by atoms with Crippen LogP contribution in [0.3, 0.4) is 0 Å². The Hall–Kier alpha value is -1.16. The van der Waals surface area contributed by atoms with Crippen molar-refractivity contribution in [2.75, 3.05) is 0 Å². The molecule has 50 valence electrons. The largest absolute Gasteiger partial charge is 0.287 e. The quantitative estimate of drug-likeness (QED) is 0.610. The third kappa shape index (κ3) is 0.657. The molecule has 0 amide bonds. The molecule has 3 nitrogen and oxygen atoms in total. The highest BCUT2D eigenvalue weighted by molar-refractivity contribution is 7.09. The Balaban J connectivity index is 2.93. The van der Waals surface area contributed by atoms with Crippen LogP contribution in [0.15, 0.2) is 23.0 Å². The normalized spacial score (nSPS) is 10.4. The number of benzene rings is 1. The summed E-state index contributed by atoms with van der Waals surface area (Å²) in [5.41, 5.74) is 0.516. The van der Waals surface area contributed by atoms with E-state index in [1.165, 1.54) is 17.6 Å². The summed E-state index contributed by atoms with van der Waals surface area (Å²) in [4.78, 5) is 11.9. The Labute approximate surface area is 60.8 Å². The Morgan fingerprint density at radius 3 is 3.20 bits per heavy atom. The Morgan fingerprint density at radius 1 is 1.50 bits per heavy atom. The standard InChI is InChI=1S/C6H4N2OS/c9-4-2-1-3-5-6(4)7-8-10-5/h1-3,8H. The van der Waals surface area contributed by atoms with Gasteiger partial charge in [-0.05, 0) is 23.7 Å². The monoisotopic (exact) mass is 152 g/mol. The van der Waals surface area contributed by atoms with Crippen LogP contribution in [0.1, 0.15) is 0 Å². The fourth-order valence-corrected chi connectivity index (χ4v) is 1.44. The van der Waals surface area contributed by atoms with Crippen LogP contribution in [0.5, 0.6) is 0 Å². The molecule has 0 unspecified atom stereocenters. The van der Waals surface area contributed by atoms with Gasteiger partial charge in [0, 0.05) is 0 Å². The topological polar surface area (TPSA) is 45.8 Å². The van der Waals surface area contributed by atoms with Crippen molar-refractivity contribution >= 4 is 11.5 Å². The highest BCUT2D eigenvalue weighted by Gasteiger charge is 2.06. The molecule has 0 aromatic heterocycles. The SMILES string of the molecule is O=c1cccc2s[nH]nc1-2. The number of rotatable bonds is 0. The van der Waals surface area contributed by atoms with Crippen LogP contribution in [-0.2, 0) is 0 Å². The van der Waals surface area contributed by atoms with Crippen molar-refractivity contribution in [3.63, 3.8) is 0 Å². The van der Waals surface area contributed by atoms with E-state index in [0.717, 1.165) is 4.88 Å². The highest BCUT2D eigenvalue weighted by Crippen LogP contribution is 2.16. The number of fused-ring (bicyclic) bond motifs is 1. The minimum atomic E-state index is -0.0185. The van der Waals surface area contributed by atoms with Crippen LogP contribution in [0.2, 0.25) is 0 Å². The lowest BCUT2D eigenvalue weighted by atomic mass is 10.2. The second-order valence-electron chi connectivity index (χ2n) is 1.91. The van der Waals surface area contributed by atoms with Gasteiger partial charge in [0.1, 0.15) is 0 Å². The minimum Gasteiger partial charge on any atom is -0.287 e. The highest BCUT2D eigenvalue weighted by atomic mass is 32.1. The summed E-state index contributed by atoms with van der Waals surface area (Å²) in [5.74, 6) is 0. The number of hydrogen-bond donors (Lipinski definition) is 1. The smallest absolute Gasteiger partial charge is 0.207 e. The molecule has 0 fully saturated rings. The van der Waals surface area contributed by atoms with E-state index in [-0.39, 0.29) is 5.43 Å². The van der Waals surface area contributed by atoms with Crippen LogP contribution < -0.4 is 5.43 Å². The number of nitrogens with one attached hydrogen (secondary N) is 1. The van der Waals surface area contributed by atoms with Gasteiger partial charge in [0.25, 0.3) is 0 Å². The van der Waals surface area contributed by atoms with Crippen molar-refractivity contribution in [3.8, 4) is 10.6 Å². The van der Waals surface area contributed by atoms with E-state index in [0.29, 0.717) is 5.69 Å². The number of nitrogens with zero attached hydrogens (tertiary/aromatic N) is 1. The number of aromatic nitrogens is 2. The molecular weight excluding hydrogens is 148 g/mol. The number of hydrogen-bond acceptors (Lipinski definition) is 3. The van der Waals surface area contributed by atoms with Gasteiger partial charge in [0.05, 0.1) is 4.88 Å². The molecular formula is C6H4N2OS. The molecule has 10 heavy (non-hydrogen) atoms. The van der Waals surface area contributed by atoms with E-state index in [4.69, 9.17) is 0 Å². The maximum atomic E-state index is 11.0. The van der Waals surface area contributed by atoms with Crippen molar-refractivity contribution in [3.05, 3.63) is 28.4 Å². The van der Waals surface area contributed by atoms with Crippen LogP contribution in [-0.4, -0.2) is 9.59 Å². The first-order valence-corrected chi connectivity index (χ1v) is 3.62. The van der Waals surface area contributed by atoms with E-state index in [1.807, 2.05) is 6.07 Å². The second kappa shape index (κ2) is 1.91. The maximum absolute atomic E-state index is 11.0. The summed E-state index contributed by atoms with van der Waals surface area (Å²) in [7, 11) is 0. The molecule has 1 N–H and O–H groups in total. The van der Waals surface area contributed by atoms with E-state index >= 15 is 0 Å². The van der Waals surface area contributed by atoms with Crippen LogP contribution in [0, 0.1) is 0 Å². The number of H-pyrrole nitrogens is 1. The van der Waals surface area contributed by atoms with E-state index in [9.17, 15) is 4.79 Å². The zero-order valence-corrected chi connectivity index (χ0v) is 5.81. The lowest BCUT2D eigenvalue weighted by molar-refractivity contribution is 1.15. The third-order valence-corrected chi connectivity index (χ3v) is 2.01. The van der Waals surface area contributed by atoms with Gasteiger partial charge in [-0.15, -0.1) is 0 Å². The van der Waals surface area contributed by atoms with E-state index in [1.54, 1.807) is 6.07 Å². The molecule has 0 saturated carbocycles. The molecule has 4 heteroatoms. The fourth-order valence-electron chi connectivity index (χ4n) is 0.812. The predicted octanol–water partition coefficient (Wildman–Crippen LogP) is 0.936. The average Bonchev–Trinajstić information content (AvgIpc) is 2.36. The first kappa shape index (κ1) is 5.61. The molecule has 1 heterocycles. The van der Waals surface area contributed by atoms with Crippen molar-refractivity contribution in [1.82, 2.24) is 9.59 Å². The van der Waals surface area contributed by atoms with Crippen molar-refractivity contribution in [1.29, 1.82) is 0 Å². The summed E-state index contributed by atoms with van der Waals surface area (Å²) < 4.78 is 2.67. The Kier molecular flexibility index (Phi) is 1.07. The predicted molar refractivity (Wildman–Crippen MR) is 39.4 cm³/mol. The molecule has 0 radical (unpaired) electrons. The van der Waals surface area contributed by atoms with Crippen LogP contribution >= 0.6 is 11.5 Å². The van der Waals surface area contributed by atoms with Crippen molar-refractivity contribution < 1.29 is 0 Å². The van der Waals surface area contributed by atoms with Crippen LogP contribution in [0.25, 0.3) is 10.6 Å². The lowest BCUT2D eigenvalue weighted by Crippen LogP contribution is -2.01. The van der Waals surface area contributed by atoms with E-state index < -0.39 is 0 Å². The van der Waals surface area contributed by atoms with E-state index in [2.05, 4.69) is 9.59 Å². The minimum absolute atomic E-state index is 0.0185. The first-order valence-electron chi connectivity index (χ1n) is 2.80. The summed E-state index contributed by atoms with van der Waals surface area (Å²) >= 11 is 1.37. The summed E-state index contributed by atoms with van der Waals surface area (Å²) in [6, 6.07) is 5.11. The maximum Gasteiger partial charge on any atom is 0.207 e. The van der Waals surface area contributed by atoms with Gasteiger partial charge in [-0.3, -0.25) is 4.79 Å². The van der Waals surface area contributed by atoms with Gasteiger partial charge in [-0.25, -0.2) is 4.49 Å². The molecule has 1 aliphatic carbocycles. The summed E-state index contributed by atoms with van der Waals surface area (Å²) in [6.45, 7) is 0. The Bertz CT molecular complexity index is 364. The number of para-hydroxylation sites is 1. The summed E-state index contributed by atoms with van der Waals surface area (Å²) in [6.07, 6.45) is 0. The molecule has 0 atom stereocenters. The second-order valence-corrected chi connectivity index (χ2v) is 2.73. The molecule has 2 rings (SSSR count). The average molecular weight is 152 g/mol. The number of aromatic amines is 1. The first-order chi connectivity index (χ1) is 4.88. The van der Waals surface area contributed by atoms with Crippen molar-refractivity contribution in [2.24, 2.45) is 0 Å². The van der Waals surface area contributed by atoms with Gasteiger partial charge in [-0.2, -0.15) is 5.10 Å². The molecule has 0 saturated heterocycles. The molecule has 1 aliphatic heterocycles. The van der Waals surface area contributed by atoms with Crippen molar-refractivity contribution in [2.45, 2.75) is 0 Å². The van der Waals surface area contributed by atoms with Gasteiger partial charge in [0.15, 0.2) is 5.69 Å². The summed E-state index contributed by atoms with van der Waals surface area (Å²) in [5, 5.41) is 3.80. The molecule has 0 bridgehead atoms. The zero-order chi connectivity index (χ0) is 6.97. The van der Waals surface area contributed by atoms with Gasteiger partial charge < -0.3 is 0 Å². The Morgan fingerprint density at radius 2 is 2.40 bits per heavy atom. The molecule has 2 aliphatic rings. The van der Waals surface area contributed by atoms with Gasteiger partial charge in [0.2, 0.25) is 5.43 Å². The lowest BCUT2D eigenvalue weighted by Gasteiger charge is -1.86. The zero-order valence-electron chi connectivity index (χ0n) is 5.00. The molecule has 0 aromatic carbocycles. The van der Waals surface area contributed by atoms with Crippen LogP contribution in [0.4, 0.5) is 0 Å².